The number of nitrogens with zero attached hydrogens (tertiary/aromatic N) is 2. The highest BCUT2D eigenvalue weighted by atomic mass is 32.2. The molecule has 0 aliphatic heterocycles. The van der Waals surface area contributed by atoms with Crippen molar-refractivity contribution in [3.8, 4) is 0 Å². The first-order chi connectivity index (χ1) is 9.98. The van der Waals surface area contributed by atoms with E-state index in [1.54, 1.807) is 6.20 Å². The van der Waals surface area contributed by atoms with E-state index in [1.165, 1.54) is 0 Å². The first-order valence-electron chi connectivity index (χ1n) is 7.58. The van der Waals surface area contributed by atoms with Crippen molar-refractivity contribution >= 4 is 10.0 Å². The van der Waals surface area contributed by atoms with Gasteiger partial charge < -0.3 is 4.74 Å². The van der Waals surface area contributed by atoms with Crippen LogP contribution in [0.3, 0.4) is 0 Å². The van der Waals surface area contributed by atoms with Gasteiger partial charge in [0.2, 0.25) is 10.0 Å². The Bertz CT molecular complexity index is 514. The third-order valence-electron chi connectivity index (χ3n) is 3.73. The number of aromatic nitrogens is 2. The summed E-state index contributed by atoms with van der Waals surface area (Å²) in [5.74, 6) is 0.00745. The van der Waals surface area contributed by atoms with Crippen molar-refractivity contribution < 1.29 is 13.2 Å². The Labute approximate surface area is 126 Å². The van der Waals surface area contributed by atoms with Gasteiger partial charge in [0, 0.05) is 18.4 Å². The van der Waals surface area contributed by atoms with Crippen LogP contribution in [0.4, 0.5) is 0 Å². The average molecular weight is 315 g/mol. The fourth-order valence-corrected chi connectivity index (χ4v) is 3.89. The number of nitrogens with one attached hydrogen (secondary N) is 1. The van der Waals surface area contributed by atoms with E-state index in [0.717, 1.165) is 25.7 Å². The summed E-state index contributed by atoms with van der Waals surface area (Å²) >= 11 is 0. The largest absolute Gasteiger partial charge is 0.378 e. The lowest BCUT2D eigenvalue weighted by Crippen LogP contribution is -2.44. The topological polar surface area (TPSA) is 73.2 Å². The van der Waals surface area contributed by atoms with Gasteiger partial charge in [0.25, 0.3) is 0 Å². The third kappa shape index (κ3) is 5.09. The van der Waals surface area contributed by atoms with E-state index < -0.39 is 10.0 Å². The summed E-state index contributed by atoms with van der Waals surface area (Å²) in [6.07, 6.45) is 7.65. The van der Waals surface area contributed by atoms with Gasteiger partial charge in [-0.05, 0) is 32.8 Å². The minimum atomic E-state index is -3.32. The van der Waals surface area contributed by atoms with Crippen molar-refractivity contribution in [1.29, 1.82) is 0 Å². The number of sulfonamides is 1. The molecule has 0 aromatic carbocycles. The van der Waals surface area contributed by atoms with Crippen LogP contribution in [0.25, 0.3) is 0 Å². The maximum absolute atomic E-state index is 12.2. The van der Waals surface area contributed by atoms with E-state index >= 15 is 0 Å². The molecule has 1 aromatic rings. The molecule has 0 bridgehead atoms. The zero-order valence-corrected chi connectivity index (χ0v) is 13.6. The zero-order valence-electron chi connectivity index (χ0n) is 12.7. The molecule has 21 heavy (non-hydrogen) atoms. The molecule has 1 N–H and O–H groups in total. The van der Waals surface area contributed by atoms with Crippen LogP contribution < -0.4 is 4.72 Å². The first-order valence-corrected chi connectivity index (χ1v) is 9.24. The van der Waals surface area contributed by atoms with Crippen LogP contribution in [0.15, 0.2) is 18.5 Å². The summed E-state index contributed by atoms with van der Waals surface area (Å²) < 4.78 is 34.4. The second-order valence-corrected chi connectivity index (χ2v) is 7.67. The molecule has 0 spiro atoms. The molecule has 7 heteroatoms. The molecule has 1 saturated carbocycles. The molecule has 1 aliphatic carbocycles. The van der Waals surface area contributed by atoms with Crippen LogP contribution >= 0.6 is 0 Å². The summed E-state index contributed by atoms with van der Waals surface area (Å²) in [5, 5.41) is 4.26. The predicted molar refractivity (Wildman–Crippen MR) is 81.5 cm³/mol. The van der Waals surface area contributed by atoms with Crippen LogP contribution in [-0.2, 0) is 14.8 Å². The molecular formula is C14H25N3O3S. The Morgan fingerprint density at radius 2 is 2.14 bits per heavy atom. The average Bonchev–Trinajstić information content (AvgIpc) is 2.91. The van der Waals surface area contributed by atoms with Gasteiger partial charge in [-0.25, -0.2) is 13.1 Å². The van der Waals surface area contributed by atoms with Crippen molar-refractivity contribution in [2.45, 2.75) is 57.7 Å². The van der Waals surface area contributed by atoms with Crippen LogP contribution in [0.2, 0.25) is 0 Å². The molecule has 0 unspecified atom stereocenters. The zero-order chi connectivity index (χ0) is 15.3. The highest BCUT2D eigenvalue weighted by Crippen LogP contribution is 2.28. The molecule has 120 valence electrons. The minimum absolute atomic E-state index is 0.00745. The number of rotatable bonds is 7. The van der Waals surface area contributed by atoms with Crippen LogP contribution in [-0.4, -0.2) is 42.7 Å². The molecule has 1 fully saturated rings. The van der Waals surface area contributed by atoms with Gasteiger partial charge in [0.1, 0.15) is 0 Å². The van der Waals surface area contributed by atoms with E-state index in [4.69, 9.17) is 4.74 Å². The first kappa shape index (κ1) is 16.5. The fourth-order valence-electron chi connectivity index (χ4n) is 2.73. The van der Waals surface area contributed by atoms with E-state index in [1.807, 2.05) is 30.8 Å². The summed E-state index contributed by atoms with van der Waals surface area (Å²) in [7, 11) is -3.32. The van der Waals surface area contributed by atoms with Gasteiger partial charge in [-0.3, -0.25) is 4.68 Å². The van der Waals surface area contributed by atoms with Gasteiger partial charge in [0.05, 0.1) is 24.5 Å². The van der Waals surface area contributed by atoms with Gasteiger partial charge in [-0.15, -0.1) is 0 Å². The van der Waals surface area contributed by atoms with Crippen molar-refractivity contribution in [2.75, 3.05) is 12.4 Å². The Balaban J connectivity index is 1.95. The van der Waals surface area contributed by atoms with Crippen LogP contribution in [0.1, 0.15) is 45.6 Å². The van der Waals surface area contributed by atoms with E-state index in [0.29, 0.717) is 0 Å². The number of ether oxygens (including phenoxy) is 1. The van der Waals surface area contributed by atoms with Crippen LogP contribution in [0.5, 0.6) is 0 Å². The van der Waals surface area contributed by atoms with E-state index in [2.05, 4.69) is 9.82 Å². The van der Waals surface area contributed by atoms with Gasteiger partial charge in [0.15, 0.2) is 0 Å². The lowest BCUT2D eigenvalue weighted by molar-refractivity contribution is 0.0910. The molecule has 1 aliphatic rings. The lowest BCUT2D eigenvalue weighted by atomic mass is 9.91. The fraction of sp³-hybridized carbons (Fsp3) is 0.786. The molecule has 0 saturated heterocycles. The monoisotopic (exact) mass is 315 g/mol. The highest BCUT2D eigenvalue weighted by Gasteiger charge is 2.30. The highest BCUT2D eigenvalue weighted by molar-refractivity contribution is 7.89. The van der Waals surface area contributed by atoms with E-state index in [9.17, 15) is 8.42 Å². The molecule has 0 radical (unpaired) electrons. The lowest BCUT2D eigenvalue weighted by Gasteiger charge is -2.32. The summed E-state index contributed by atoms with van der Waals surface area (Å²) in [5.41, 5.74) is 0. The van der Waals surface area contributed by atoms with Gasteiger partial charge in [-0.2, -0.15) is 5.10 Å². The Hall–Kier alpha value is -0.920. The summed E-state index contributed by atoms with van der Waals surface area (Å²) in [6, 6.07) is 1.90. The van der Waals surface area contributed by atoms with Gasteiger partial charge in [-0.1, -0.05) is 12.8 Å². The Kier molecular flexibility index (Phi) is 5.78. The third-order valence-corrected chi connectivity index (χ3v) is 5.09. The van der Waals surface area contributed by atoms with Crippen molar-refractivity contribution in [3.63, 3.8) is 0 Å². The normalized spacial score (nSPS) is 23.6. The molecule has 1 aromatic heterocycles. The van der Waals surface area contributed by atoms with Crippen molar-refractivity contribution in [1.82, 2.24) is 14.5 Å². The summed E-state index contributed by atoms with van der Waals surface area (Å²) in [4.78, 5) is 0. The molecule has 2 atom stereocenters. The SMILES string of the molecule is CC(C)OCCS(=O)(=O)N[C@@H]1CCCC[C@@H]1n1cccn1. The Morgan fingerprint density at radius 3 is 2.81 bits per heavy atom. The second-order valence-electron chi connectivity index (χ2n) is 5.80. The molecular weight excluding hydrogens is 290 g/mol. The maximum atomic E-state index is 12.2. The second kappa shape index (κ2) is 7.38. The smallest absolute Gasteiger partial charge is 0.214 e. The van der Waals surface area contributed by atoms with Gasteiger partial charge >= 0.3 is 0 Å². The Morgan fingerprint density at radius 1 is 1.38 bits per heavy atom. The van der Waals surface area contributed by atoms with Crippen LogP contribution in [0, 0.1) is 0 Å². The molecule has 6 nitrogen and oxygen atoms in total. The number of hydrogen-bond acceptors (Lipinski definition) is 4. The van der Waals surface area contributed by atoms with Crippen molar-refractivity contribution in [3.05, 3.63) is 18.5 Å². The molecule has 2 rings (SSSR count). The van der Waals surface area contributed by atoms with Crippen molar-refractivity contribution in [2.24, 2.45) is 0 Å². The minimum Gasteiger partial charge on any atom is -0.378 e. The molecule has 1 heterocycles. The molecule has 0 amide bonds. The maximum Gasteiger partial charge on any atom is 0.214 e. The quantitative estimate of drug-likeness (QED) is 0.831. The standard InChI is InChI=1S/C14H25N3O3S/c1-12(2)20-10-11-21(18,19)16-13-6-3-4-7-14(13)17-9-5-8-15-17/h5,8-9,12-14,16H,3-4,6-7,10-11H2,1-2H3/t13-,14+/m1/s1. The summed E-state index contributed by atoms with van der Waals surface area (Å²) in [6.45, 7) is 4.02. The predicted octanol–water partition coefficient (Wildman–Crippen LogP) is 1.71. The van der Waals surface area contributed by atoms with E-state index in [-0.39, 0.29) is 30.5 Å². The number of hydrogen-bond donors (Lipinski definition) is 1.